The molecule has 2 N–H and O–H groups in total. The van der Waals surface area contributed by atoms with Gasteiger partial charge in [-0.15, -0.1) is 11.3 Å². The van der Waals surface area contributed by atoms with Gasteiger partial charge in [-0.2, -0.15) is 0 Å². The summed E-state index contributed by atoms with van der Waals surface area (Å²) in [6.45, 7) is 3.21. The molecular formula is C15H18ClNOS. The van der Waals surface area contributed by atoms with Crippen molar-refractivity contribution in [2.24, 2.45) is 5.73 Å². The average molecular weight is 296 g/mol. The zero-order valence-corrected chi connectivity index (χ0v) is 12.5. The summed E-state index contributed by atoms with van der Waals surface area (Å²) in [7, 11) is 0. The van der Waals surface area contributed by atoms with E-state index in [1.165, 1.54) is 4.88 Å². The van der Waals surface area contributed by atoms with Gasteiger partial charge in [0.05, 0.1) is 6.61 Å². The van der Waals surface area contributed by atoms with Gasteiger partial charge in [-0.25, -0.2) is 0 Å². The van der Waals surface area contributed by atoms with Gasteiger partial charge >= 0.3 is 0 Å². The van der Waals surface area contributed by atoms with Crippen LogP contribution in [0.2, 0.25) is 5.02 Å². The SMILES string of the molecule is CCOc1ccc(Cl)cc1C(CN)Cc1cccs1. The third kappa shape index (κ3) is 3.72. The fourth-order valence-electron chi connectivity index (χ4n) is 2.12. The van der Waals surface area contributed by atoms with Crippen molar-refractivity contribution in [2.75, 3.05) is 13.2 Å². The summed E-state index contributed by atoms with van der Waals surface area (Å²) in [5.41, 5.74) is 7.04. The molecule has 0 radical (unpaired) electrons. The molecule has 1 aromatic carbocycles. The zero-order valence-electron chi connectivity index (χ0n) is 10.9. The number of hydrogen-bond acceptors (Lipinski definition) is 3. The molecule has 0 aliphatic carbocycles. The highest BCUT2D eigenvalue weighted by Gasteiger charge is 2.16. The number of nitrogens with two attached hydrogens (primary N) is 1. The summed E-state index contributed by atoms with van der Waals surface area (Å²) in [6.07, 6.45) is 0.925. The molecule has 2 rings (SSSR count). The molecule has 1 aromatic heterocycles. The highest BCUT2D eigenvalue weighted by molar-refractivity contribution is 7.09. The van der Waals surface area contributed by atoms with E-state index in [2.05, 4.69) is 17.5 Å². The van der Waals surface area contributed by atoms with Gasteiger partial charge in [0.25, 0.3) is 0 Å². The second-order valence-corrected chi connectivity index (χ2v) is 5.80. The standard InChI is InChI=1S/C15H18ClNOS/c1-2-18-15-6-5-12(16)9-14(15)11(10-17)8-13-4-3-7-19-13/h3-7,9,11H,2,8,10,17H2,1H3. The molecule has 102 valence electrons. The van der Waals surface area contributed by atoms with Crippen molar-refractivity contribution in [1.29, 1.82) is 0 Å². The van der Waals surface area contributed by atoms with Crippen LogP contribution in [-0.2, 0) is 6.42 Å². The second-order valence-electron chi connectivity index (χ2n) is 4.33. The van der Waals surface area contributed by atoms with Gasteiger partial charge in [-0.1, -0.05) is 17.7 Å². The van der Waals surface area contributed by atoms with Crippen LogP contribution in [0.3, 0.4) is 0 Å². The molecule has 0 saturated carbocycles. The topological polar surface area (TPSA) is 35.2 Å². The molecule has 0 aliphatic heterocycles. The van der Waals surface area contributed by atoms with Crippen LogP contribution >= 0.6 is 22.9 Å². The highest BCUT2D eigenvalue weighted by Crippen LogP contribution is 2.32. The van der Waals surface area contributed by atoms with Crippen LogP contribution in [0, 0.1) is 0 Å². The highest BCUT2D eigenvalue weighted by atomic mass is 35.5. The first-order chi connectivity index (χ1) is 9.24. The van der Waals surface area contributed by atoms with E-state index >= 15 is 0 Å². The lowest BCUT2D eigenvalue weighted by molar-refractivity contribution is 0.334. The fourth-order valence-corrected chi connectivity index (χ4v) is 3.08. The predicted molar refractivity (Wildman–Crippen MR) is 82.4 cm³/mol. The Kier molecular flexibility index (Phi) is 5.25. The molecule has 2 nitrogen and oxygen atoms in total. The molecular weight excluding hydrogens is 278 g/mol. The molecule has 1 atom stereocenters. The molecule has 1 heterocycles. The Morgan fingerprint density at radius 3 is 2.84 bits per heavy atom. The van der Waals surface area contributed by atoms with Crippen LogP contribution < -0.4 is 10.5 Å². The Bertz CT molecular complexity index is 513. The Labute approximate surface area is 123 Å². The van der Waals surface area contributed by atoms with Gasteiger partial charge in [0.15, 0.2) is 0 Å². The van der Waals surface area contributed by atoms with Gasteiger partial charge in [0, 0.05) is 21.4 Å². The maximum absolute atomic E-state index is 6.11. The summed E-state index contributed by atoms with van der Waals surface area (Å²) < 4.78 is 5.68. The van der Waals surface area contributed by atoms with Crippen LogP contribution in [-0.4, -0.2) is 13.2 Å². The molecule has 0 bridgehead atoms. The third-order valence-corrected chi connectivity index (χ3v) is 4.16. The first-order valence-electron chi connectivity index (χ1n) is 6.39. The maximum atomic E-state index is 6.11. The lowest BCUT2D eigenvalue weighted by Gasteiger charge is -2.18. The van der Waals surface area contributed by atoms with Crippen molar-refractivity contribution >= 4 is 22.9 Å². The monoisotopic (exact) mass is 295 g/mol. The van der Waals surface area contributed by atoms with E-state index in [0.717, 1.165) is 22.8 Å². The van der Waals surface area contributed by atoms with Crippen molar-refractivity contribution in [3.63, 3.8) is 0 Å². The first kappa shape index (κ1) is 14.4. The molecule has 0 spiro atoms. The predicted octanol–water partition coefficient (Wildman–Crippen LogP) is 4.09. The van der Waals surface area contributed by atoms with E-state index in [-0.39, 0.29) is 5.92 Å². The summed E-state index contributed by atoms with van der Waals surface area (Å²) >= 11 is 7.86. The molecule has 0 aliphatic rings. The number of benzene rings is 1. The Hall–Kier alpha value is -1.03. The number of hydrogen-bond donors (Lipinski definition) is 1. The van der Waals surface area contributed by atoms with Crippen molar-refractivity contribution in [3.05, 3.63) is 51.2 Å². The lowest BCUT2D eigenvalue weighted by Crippen LogP contribution is -2.16. The smallest absolute Gasteiger partial charge is 0.122 e. The average Bonchev–Trinajstić information content (AvgIpc) is 2.91. The third-order valence-electron chi connectivity index (χ3n) is 3.02. The van der Waals surface area contributed by atoms with Crippen LogP contribution in [0.4, 0.5) is 0 Å². The summed E-state index contributed by atoms with van der Waals surface area (Å²) in [5.74, 6) is 1.12. The molecule has 1 unspecified atom stereocenters. The number of halogens is 1. The van der Waals surface area contributed by atoms with Crippen LogP contribution in [0.5, 0.6) is 5.75 Å². The summed E-state index contributed by atoms with van der Waals surface area (Å²) in [5, 5.41) is 2.81. The van der Waals surface area contributed by atoms with Crippen molar-refractivity contribution in [2.45, 2.75) is 19.3 Å². The van der Waals surface area contributed by atoms with Crippen LogP contribution in [0.15, 0.2) is 35.7 Å². The van der Waals surface area contributed by atoms with E-state index in [0.29, 0.717) is 13.2 Å². The van der Waals surface area contributed by atoms with E-state index in [9.17, 15) is 0 Å². The van der Waals surface area contributed by atoms with E-state index in [4.69, 9.17) is 22.1 Å². The molecule has 0 amide bonds. The van der Waals surface area contributed by atoms with E-state index < -0.39 is 0 Å². The summed E-state index contributed by atoms with van der Waals surface area (Å²) in [4.78, 5) is 1.33. The van der Waals surface area contributed by atoms with Gasteiger partial charge < -0.3 is 10.5 Å². The molecule has 0 fully saturated rings. The largest absolute Gasteiger partial charge is 0.494 e. The van der Waals surface area contributed by atoms with Crippen LogP contribution in [0.25, 0.3) is 0 Å². The Morgan fingerprint density at radius 2 is 2.21 bits per heavy atom. The molecule has 0 saturated heterocycles. The second kappa shape index (κ2) is 6.94. The lowest BCUT2D eigenvalue weighted by atomic mass is 9.94. The maximum Gasteiger partial charge on any atom is 0.122 e. The Morgan fingerprint density at radius 1 is 1.37 bits per heavy atom. The van der Waals surface area contributed by atoms with Crippen molar-refractivity contribution in [3.8, 4) is 5.75 Å². The minimum atomic E-state index is 0.235. The number of ether oxygens (including phenoxy) is 1. The van der Waals surface area contributed by atoms with Gasteiger partial charge in [0.2, 0.25) is 0 Å². The van der Waals surface area contributed by atoms with Gasteiger partial charge in [0.1, 0.15) is 5.75 Å². The Balaban J connectivity index is 2.28. The van der Waals surface area contributed by atoms with Gasteiger partial charge in [-0.3, -0.25) is 0 Å². The number of rotatable bonds is 6. The summed E-state index contributed by atoms with van der Waals surface area (Å²) in [6, 6.07) is 9.96. The quantitative estimate of drug-likeness (QED) is 0.871. The normalized spacial score (nSPS) is 12.4. The minimum Gasteiger partial charge on any atom is -0.494 e. The van der Waals surface area contributed by atoms with Crippen LogP contribution in [0.1, 0.15) is 23.3 Å². The molecule has 2 aromatic rings. The zero-order chi connectivity index (χ0) is 13.7. The number of thiophene rings is 1. The molecule has 19 heavy (non-hydrogen) atoms. The minimum absolute atomic E-state index is 0.235. The van der Waals surface area contributed by atoms with Gasteiger partial charge in [-0.05, 0) is 49.5 Å². The first-order valence-corrected chi connectivity index (χ1v) is 7.65. The molecule has 4 heteroatoms. The fraction of sp³-hybridized carbons (Fsp3) is 0.333. The van der Waals surface area contributed by atoms with Crippen molar-refractivity contribution in [1.82, 2.24) is 0 Å². The van der Waals surface area contributed by atoms with E-state index in [1.807, 2.05) is 25.1 Å². The van der Waals surface area contributed by atoms with E-state index in [1.54, 1.807) is 11.3 Å². The van der Waals surface area contributed by atoms with Crippen molar-refractivity contribution < 1.29 is 4.74 Å².